The van der Waals surface area contributed by atoms with E-state index in [-0.39, 0.29) is 12.0 Å². The molecule has 0 aliphatic heterocycles. The number of hydrogen-bond acceptors (Lipinski definition) is 4. The minimum absolute atomic E-state index is 0.0288. The molecule has 0 fully saturated rings. The maximum Gasteiger partial charge on any atom is 0.282 e. The molecule has 16 heavy (non-hydrogen) atoms. The number of rotatable bonds is 4. The Morgan fingerprint density at radius 3 is 1.94 bits per heavy atom. The number of hydrogen-bond donors (Lipinski definition) is 0. The predicted octanol–water partition coefficient (Wildman–Crippen LogP) is 2.59. The first-order chi connectivity index (χ1) is 7.47. The lowest BCUT2D eigenvalue weighted by Crippen LogP contribution is -2.02. The molecule has 0 heterocycles. The molecule has 7 heteroatoms. The third kappa shape index (κ3) is 2.30. The zero-order chi connectivity index (χ0) is 12.3. The highest BCUT2D eigenvalue weighted by Gasteiger charge is 2.25. The van der Waals surface area contributed by atoms with Gasteiger partial charge in [-0.3, -0.25) is 20.2 Å². The van der Waals surface area contributed by atoms with Crippen LogP contribution in [0.2, 0.25) is 0 Å². The summed E-state index contributed by atoms with van der Waals surface area (Å²) in [4.78, 5) is 19.7. The predicted molar refractivity (Wildman–Crippen MR) is 53.7 cm³/mol. The van der Waals surface area contributed by atoms with Gasteiger partial charge < -0.3 is 0 Å². The van der Waals surface area contributed by atoms with Gasteiger partial charge in [0.05, 0.1) is 22.0 Å². The Bertz CT molecular complexity index is 412. The van der Waals surface area contributed by atoms with E-state index in [9.17, 15) is 24.6 Å². The average molecular weight is 228 g/mol. The zero-order valence-corrected chi connectivity index (χ0v) is 8.47. The second-order valence-corrected chi connectivity index (χ2v) is 3.19. The molecule has 0 radical (unpaired) electrons. The lowest BCUT2D eigenvalue weighted by atomic mass is 10.1. The second kappa shape index (κ2) is 4.65. The first-order valence-electron chi connectivity index (χ1n) is 4.58. The van der Waals surface area contributed by atoms with Crippen molar-refractivity contribution in [1.82, 2.24) is 0 Å². The fraction of sp³-hybridized carbons (Fsp3) is 0.333. The van der Waals surface area contributed by atoms with Crippen LogP contribution in [-0.2, 0) is 6.42 Å². The first-order valence-corrected chi connectivity index (χ1v) is 4.58. The van der Waals surface area contributed by atoms with Gasteiger partial charge in [-0.15, -0.1) is 0 Å². The number of benzene rings is 1. The van der Waals surface area contributed by atoms with Gasteiger partial charge >= 0.3 is 0 Å². The van der Waals surface area contributed by atoms with Crippen molar-refractivity contribution in [2.45, 2.75) is 19.8 Å². The first kappa shape index (κ1) is 12.0. The van der Waals surface area contributed by atoms with Crippen LogP contribution in [0.25, 0.3) is 0 Å². The van der Waals surface area contributed by atoms with Gasteiger partial charge in [0.1, 0.15) is 11.4 Å². The van der Waals surface area contributed by atoms with E-state index in [1.54, 1.807) is 6.92 Å². The number of nitro benzene ring substituents is 2. The van der Waals surface area contributed by atoms with E-state index < -0.39 is 27.0 Å². The van der Waals surface area contributed by atoms with Crippen LogP contribution in [0.1, 0.15) is 18.9 Å². The lowest BCUT2D eigenvalue weighted by molar-refractivity contribution is -0.395. The van der Waals surface area contributed by atoms with Crippen molar-refractivity contribution in [3.8, 4) is 0 Å². The molecule has 0 bridgehead atoms. The van der Waals surface area contributed by atoms with Crippen LogP contribution >= 0.6 is 0 Å². The van der Waals surface area contributed by atoms with Crippen molar-refractivity contribution in [2.75, 3.05) is 0 Å². The lowest BCUT2D eigenvalue weighted by Gasteiger charge is -2.02. The molecule has 0 aliphatic rings. The van der Waals surface area contributed by atoms with Gasteiger partial charge in [-0.05, 0) is 6.42 Å². The fourth-order valence-electron chi connectivity index (χ4n) is 1.44. The van der Waals surface area contributed by atoms with Crippen LogP contribution < -0.4 is 0 Å². The standard InChI is InChI=1S/C9H9FN2O4/c1-2-3-7-8(11(13)14)4-6(10)5-9(7)12(15)16/h4-5H,2-3H2,1H3. The summed E-state index contributed by atoms with van der Waals surface area (Å²) in [7, 11) is 0. The number of halogens is 1. The van der Waals surface area contributed by atoms with E-state index >= 15 is 0 Å². The van der Waals surface area contributed by atoms with Crippen LogP contribution in [0.4, 0.5) is 15.8 Å². The number of nitro groups is 2. The Labute approximate surface area is 90.0 Å². The van der Waals surface area contributed by atoms with E-state index in [1.165, 1.54) is 0 Å². The maximum atomic E-state index is 13.0. The molecule has 0 saturated heterocycles. The van der Waals surface area contributed by atoms with Gasteiger partial charge in [-0.1, -0.05) is 13.3 Å². The monoisotopic (exact) mass is 228 g/mol. The minimum Gasteiger partial charge on any atom is -0.258 e. The Morgan fingerprint density at radius 2 is 1.62 bits per heavy atom. The van der Waals surface area contributed by atoms with Gasteiger partial charge in [0, 0.05) is 0 Å². The summed E-state index contributed by atoms with van der Waals surface area (Å²) in [6.45, 7) is 1.73. The second-order valence-electron chi connectivity index (χ2n) is 3.19. The average Bonchev–Trinajstić information content (AvgIpc) is 2.19. The maximum absolute atomic E-state index is 13.0. The topological polar surface area (TPSA) is 86.3 Å². The fourth-order valence-corrected chi connectivity index (χ4v) is 1.44. The third-order valence-corrected chi connectivity index (χ3v) is 2.06. The van der Waals surface area contributed by atoms with E-state index in [0.717, 1.165) is 0 Å². The Kier molecular flexibility index (Phi) is 3.49. The molecule has 0 N–H and O–H groups in total. The Morgan fingerprint density at radius 1 is 1.19 bits per heavy atom. The normalized spacial score (nSPS) is 10.1. The molecule has 1 aromatic rings. The van der Waals surface area contributed by atoms with E-state index in [1.807, 2.05) is 0 Å². The molecular weight excluding hydrogens is 219 g/mol. The third-order valence-electron chi connectivity index (χ3n) is 2.06. The summed E-state index contributed by atoms with van der Waals surface area (Å²) >= 11 is 0. The van der Waals surface area contributed by atoms with Crippen molar-refractivity contribution in [3.63, 3.8) is 0 Å². The highest BCUT2D eigenvalue weighted by molar-refractivity contribution is 5.54. The van der Waals surface area contributed by atoms with Crippen LogP contribution in [0.15, 0.2) is 12.1 Å². The summed E-state index contributed by atoms with van der Waals surface area (Å²) in [6.07, 6.45) is 0.681. The molecule has 0 saturated carbocycles. The molecule has 0 aromatic heterocycles. The molecule has 1 rings (SSSR count). The van der Waals surface area contributed by atoms with E-state index in [2.05, 4.69) is 0 Å². The van der Waals surface area contributed by atoms with Gasteiger partial charge in [-0.25, -0.2) is 4.39 Å². The van der Waals surface area contributed by atoms with Gasteiger partial charge in [-0.2, -0.15) is 0 Å². The SMILES string of the molecule is CCCc1c([N+](=O)[O-])cc(F)cc1[N+](=O)[O-]. The van der Waals surface area contributed by atoms with Crippen LogP contribution in [0.5, 0.6) is 0 Å². The Balaban J connectivity index is 3.47. The molecule has 0 spiro atoms. The molecule has 6 nitrogen and oxygen atoms in total. The highest BCUT2D eigenvalue weighted by atomic mass is 19.1. The van der Waals surface area contributed by atoms with Crippen LogP contribution in [0, 0.1) is 26.0 Å². The van der Waals surface area contributed by atoms with Crippen molar-refractivity contribution in [1.29, 1.82) is 0 Å². The summed E-state index contributed by atoms with van der Waals surface area (Å²) in [6, 6.07) is 1.41. The van der Waals surface area contributed by atoms with Crippen LogP contribution in [0.3, 0.4) is 0 Å². The molecular formula is C9H9FN2O4. The van der Waals surface area contributed by atoms with Gasteiger partial charge in [0.2, 0.25) is 0 Å². The molecule has 86 valence electrons. The quantitative estimate of drug-likeness (QED) is 0.585. The van der Waals surface area contributed by atoms with E-state index in [0.29, 0.717) is 18.6 Å². The van der Waals surface area contributed by atoms with Crippen molar-refractivity contribution >= 4 is 11.4 Å². The van der Waals surface area contributed by atoms with Crippen molar-refractivity contribution in [3.05, 3.63) is 43.7 Å². The smallest absolute Gasteiger partial charge is 0.258 e. The Hall–Kier alpha value is -2.05. The van der Waals surface area contributed by atoms with E-state index in [4.69, 9.17) is 0 Å². The van der Waals surface area contributed by atoms with Crippen LogP contribution in [-0.4, -0.2) is 9.85 Å². The summed E-state index contributed by atoms with van der Waals surface area (Å²) in [5.74, 6) is -0.974. The summed E-state index contributed by atoms with van der Waals surface area (Å²) in [5.41, 5.74) is -1.10. The molecule has 0 aliphatic carbocycles. The summed E-state index contributed by atoms with van der Waals surface area (Å²) in [5, 5.41) is 21.3. The largest absolute Gasteiger partial charge is 0.282 e. The number of nitrogens with zero attached hydrogens (tertiary/aromatic N) is 2. The minimum atomic E-state index is -0.974. The van der Waals surface area contributed by atoms with Gasteiger partial charge in [0.25, 0.3) is 11.4 Å². The van der Waals surface area contributed by atoms with Gasteiger partial charge in [0.15, 0.2) is 0 Å². The highest BCUT2D eigenvalue weighted by Crippen LogP contribution is 2.30. The van der Waals surface area contributed by atoms with Crippen molar-refractivity contribution < 1.29 is 14.2 Å². The molecule has 0 unspecified atom stereocenters. The zero-order valence-electron chi connectivity index (χ0n) is 8.47. The van der Waals surface area contributed by atoms with Crippen molar-refractivity contribution in [2.24, 2.45) is 0 Å². The molecule has 0 atom stereocenters. The molecule has 0 amide bonds. The molecule has 1 aromatic carbocycles. The summed E-state index contributed by atoms with van der Waals surface area (Å²) < 4.78 is 13.0.